The Labute approximate surface area is 148 Å². The van der Waals surface area contributed by atoms with Gasteiger partial charge in [0.1, 0.15) is 17.2 Å². The van der Waals surface area contributed by atoms with Crippen molar-refractivity contribution < 1.29 is 13.6 Å². The molecule has 9 heteroatoms. The van der Waals surface area contributed by atoms with Crippen LogP contribution in [0, 0.1) is 11.6 Å². The number of halogens is 2. The minimum Gasteiger partial charge on any atom is -0.346 e. The Hall–Kier alpha value is -2.65. The first-order chi connectivity index (χ1) is 12.6. The van der Waals surface area contributed by atoms with E-state index in [-0.39, 0.29) is 35.7 Å². The van der Waals surface area contributed by atoms with Crippen LogP contribution in [0.5, 0.6) is 0 Å². The zero-order chi connectivity index (χ0) is 18.1. The number of carbonyl (C=O) groups excluding carboxylic acids is 1. The number of anilines is 1. The van der Waals surface area contributed by atoms with Crippen LogP contribution in [0.1, 0.15) is 28.9 Å². The van der Waals surface area contributed by atoms with E-state index in [2.05, 4.69) is 31.5 Å². The van der Waals surface area contributed by atoms with E-state index in [1.165, 1.54) is 6.07 Å². The molecule has 2 aliphatic rings. The normalized spacial score (nSPS) is 17.1. The van der Waals surface area contributed by atoms with E-state index in [4.69, 9.17) is 0 Å². The highest BCUT2D eigenvalue weighted by Crippen LogP contribution is 2.28. The van der Waals surface area contributed by atoms with Crippen LogP contribution in [0.3, 0.4) is 0 Å². The Balaban J connectivity index is 1.70. The molecule has 1 saturated heterocycles. The predicted molar refractivity (Wildman–Crippen MR) is 91.2 cm³/mol. The van der Waals surface area contributed by atoms with Gasteiger partial charge in [-0.3, -0.25) is 4.79 Å². The molecule has 0 saturated carbocycles. The summed E-state index contributed by atoms with van der Waals surface area (Å²) in [6, 6.07) is 3.79. The molecule has 1 aromatic carbocycles. The van der Waals surface area contributed by atoms with Gasteiger partial charge in [-0.15, -0.1) is 0 Å². The lowest BCUT2D eigenvalue weighted by atomic mass is 10.1. The Morgan fingerprint density at radius 1 is 1.08 bits per heavy atom. The molecule has 7 nitrogen and oxygen atoms in total. The molecule has 0 atom stereocenters. The lowest BCUT2D eigenvalue weighted by Gasteiger charge is -2.24. The number of piperidine rings is 1. The second-order valence-electron chi connectivity index (χ2n) is 6.29. The van der Waals surface area contributed by atoms with Crippen LogP contribution in [0.2, 0.25) is 0 Å². The van der Waals surface area contributed by atoms with E-state index in [0.29, 0.717) is 11.3 Å². The lowest BCUT2D eigenvalue weighted by Crippen LogP contribution is -2.42. The number of amides is 1. The van der Waals surface area contributed by atoms with Crippen molar-refractivity contribution in [2.45, 2.75) is 25.4 Å². The van der Waals surface area contributed by atoms with E-state index >= 15 is 0 Å². The molecule has 0 radical (unpaired) electrons. The van der Waals surface area contributed by atoms with Crippen molar-refractivity contribution in [3.8, 4) is 11.4 Å². The summed E-state index contributed by atoms with van der Waals surface area (Å²) in [6.07, 6.45) is 1.84. The molecule has 0 bridgehead atoms. The number of benzene rings is 1. The summed E-state index contributed by atoms with van der Waals surface area (Å²) in [5.41, 5.74) is 6.51. The fraction of sp³-hybridized carbons (Fsp3) is 0.353. The number of hydrogen-bond donors (Lipinski definition) is 4. The van der Waals surface area contributed by atoms with Gasteiger partial charge >= 0.3 is 0 Å². The molecule has 4 rings (SSSR count). The largest absolute Gasteiger partial charge is 0.346 e. The van der Waals surface area contributed by atoms with E-state index in [9.17, 15) is 13.6 Å². The summed E-state index contributed by atoms with van der Waals surface area (Å²) in [5, 5.41) is 5.93. The number of nitrogens with one attached hydrogen (secondary N) is 4. The summed E-state index contributed by atoms with van der Waals surface area (Å²) in [5.74, 6) is -1.68. The molecule has 4 N–H and O–H groups in total. The van der Waals surface area contributed by atoms with Crippen LogP contribution >= 0.6 is 0 Å². The maximum absolute atomic E-state index is 14.1. The Morgan fingerprint density at radius 3 is 2.54 bits per heavy atom. The van der Waals surface area contributed by atoms with Crippen LogP contribution in [0.15, 0.2) is 18.2 Å². The van der Waals surface area contributed by atoms with E-state index < -0.39 is 11.6 Å². The van der Waals surface area contributed by atoms with Crippen molar-refractivity contribution in [3.05, 3.63) is 41.1 Å². The molecule has 0 unspecified atom stereocenters. The average molecular weight is 360 g/mol. The van der Waals surface area contributed by atoms with Crippen molar-refractivity contribution in [2.24, 2.45) is 0 Å². The molecule has 1 amide bonds. The first-order valence-corrected chi connectivity index (χ1v) is 8.49. The highest BCUT2D eigenvalue weighted by atomic mass is 19.1. The number of hydrazine groups is 1. The highest BCUT2D eigenvalue weighted by Gasteiger charge is 2.28. The molecular weight excluding hydrogens is 342 g/mol. The van der Waals surface area contributed by atoms with E-state index in [1.54, 1.807) is 0 Å². The van der Waals surface area contributed by atoms with Crippen molar-refractivity contribution in [1.82, 2.24) is 26.0 Å². The maximum atomic E-state index is 14.1. The summed E-state index contributed by atoms with van der Waals surface area (Å²) < 4.78 is 28.3. The fourth-order valence-corrected chi connectivity index (χ4v) is 3.18. The molecule has 1 fully saturated rings. The summed E-state index contributed by atoms with van der Waals surface area (Å²) in [7, 11) is 0. The third-order valence-corrected chi connectivity index (χ3v) is 4.55. The van der Waals surface area contributed by atoms with Gasteiger partial charge in [0.25, 0.3) is 5.91 Å². The Morgan fingerprint density at radius 2 is 1.81 bits per heavy atom. The van der Waals surface area contributed by atoms with Crippen LogP contribution in [-0.4, -0.2) is 35.0 Å². The third kappa shape index (κ3) is 3.11. The molecule has 2 aliphatic heterocycles. The Kier molecular flexibility index (Phi) is 4.48. The van der Waals surface area contributed by atoms with Gasteiger partial charge in [0, 0.05) is 6.04 Å². The van der Waals surface area contributed by atoms with Gasteiger partial charge in [0.2, 0.25) is 0 Å². The minimum absolute atomic E-state index is 0.0922. The lowest BCUT2D eigenvalue weighted by molar-refractivity contribution is 0.0966. The van der Waals surface area contributed by atoms with Gasteiger partial charge in [-0.25, -0.2) is 24.2 Å². The maximum Gasteiger partial charge on any atom is 0.257 e. The topological polar surface area (TPSA) is 91.0 Å². The van der Waals surface area contributed by atoms with Gasteiger partial charge in [0.15, 0.2) is 11.6 Å². The van der Waals surface area contributed by atoms with Crippen molar-refractivity contribution in [1.29, 1.82) is 0 Å². The van der Waals surface area contributed by atoms with Crippen molar-refractivity contribution in [2.75, 3.05) is 18.5 Å². The number of nitrogens with zero attached hydrogens (tertiary/aromatic N) is 2. The Bertz CT molecular complexity index is 833. The molecule has 26 heavy (non-hydrogen) atoms. The van der Waals surface area contributed by atoms with Gasteiger partial charge in [0.05, 0.1) is 17.8 Å². The molecule has 2 aromatic rings. The second kappa shape index (κ2) is 6.93. The predicted octanol–water partition coefficient (Wildman–Crippen LogP) is 1.33. The zero-order valence-corrected chi connectivity index (χ0v) is 13.9. The monoisotopic (exact) mass is 360 g/mol. The molecular formula is C17H18F2N6O. The zero-order valence-electron chi connectivity index (χ0n) is 13.9. The third-order valence-electron chi connectivity index (χ3n) is 4.55. The van der Waals surface area contributed by atoms with E-state index in [1.807, 2.05) is 0 Å². The quantitative estimate of drug-likeness (QED) is 0.615. The van der Waals surface area contributed by atoms with Gasteiger partial charge in [-0.1, -0.05) is 6.07 Å². The summed E-state index contributed by atoms with van der Waals surface area (Å²) in [4.78, 5) is 20.5. The number of fused-ring (bicyclic) bond motifs is 1. The summed E-state index contributed by atoms with van der Waals surface area (Å²) in [6.45, 7) is 1.99. The molecule has 1 aromatic heterocycles. The van der Waals surface area contributed by atoms with Gasteiger partial charge in [-0.2, -0.15) is 0 Å². The SMILES string of the molecule is O=C1NCc2nc(-c3c(F)cccc3F)nc(NNC3CCNCC3)c21. The smallest absolute Gasteiger partial charge is 0.257 e. The van der Waals surface area contributed by atoms with Crippen molar-refractivity contribution in [3.63, 3.8) is 0 Å². The molecule has 0 spiro atoms. The summed E-state index contributed by atoms with van der Waals surface area (Å²) >= 11 is 0. The first kappa shape index (κ1) is 16.8. The van der Waals surface area contributed by atoms with Crippen LogP contribution in [0.4, 0.5) is 14.6 Å². The van der Waals surface area contributed by atoms with Crippen LogP contribution in [0.25, 0.3) is 11.4 Å². The number of aromatic nitrogens is 2. The van der Waals surface area contributed by atoms with Gasteiger partial charge < -0.3 is 16.1 Å². The highest BCUT2D eigenvalue weighted by molar-refractivity contribution is 6.02. The van der Waals surface area contributed by atoms with Crippen molar-refractivity contribution >= 4 is 11.7 Å². The fourth-order valence-electron chi connectivity index (χ4n) is 3.18. The molecule has 0 aliphatic carbocycles. The van der Waals surface area contributed by atoms with Crippen LogP contribution < -0.4 is 21.5 Å². The average Bonchev–Trinajstić information content (AvgIpc) is 3.02. The van der Waals surface area contributed by atoms with E-state index in [0.717, 1.165) is 38.1 Å². The number of carbonyl (C=O) groups is 1. The number of hydrogen-bond acceptors (Lipinski definition) is 6. The first-order valence-electron chi connectivity index (χ1n) is 8.49. The number of rotatable bonds is 4. The molecule has 136 valence electrons. The van der Waals surface area contributed by atoms with Gasteiger partial charge in [-0.05, 0) is 38.1 Å². The van der Waals surface area contributed by atoms with Crippen LogP contribution in [-0.2, 0) is 6.54 Å². The standard InChI is InChI=1S/C17H18F2N6O/c18-10-2-1-3-11(19)13(10)15-22-12-8-21-17(26)14(12)16(23-15)25-24-9-4-6-20-7-5-9/h1-3,9,20,24H,4-8H2,(H,21,26)(H,22,23,25). The minimum atomic E-state index is -0.750. The second-order valence-corrected chi connectivity index (χ2v) is 6.29. The molecule has 3 heterocycles.